The molecular formula is C9H11N7O2S. The molecule has 0 atom stereocenters. The van der Waals surface area contributed by atoms with Crippen molar-refractivity contribution in [3.8, 4) is 0 Å². The maximum Gasteiger partial charge on any atom is 0.343 e. The SMILES string of the molecule is CNc1ncnc(Sc2nnc(C)n2C)c1[N+](=O)[O-]. The summed E-state index contributed by atoms with van der Waals surface area (Å²) in [5, 5.41) is 22.4. The predicted octanol–water partition coefficient (Wildman–Crippen LogP) is 1.01. The minimum atomic E-state index is -0.516. The molecule has 0 aliphatic heterocycles. The van der Waals surface area contributed by atoms with Crippen LogP contribution in [0.15, 0.2) is 16.5 Å². The van der Waals surface area contributed by atoms with Gasteiger partial charge in [0.05, 0.1) is 4.92 Å². The quantitative estimate of drug-likeness (QED) is 0.502. The smallest absolute Gasteiger partial charge is 0.343 e. The van der Waals surface area contributed by atoms with Crippen molar-refractivity contribution in [2.24, 2.45) is 7.05 Å². The Bertz CT molecular complexity index is 627. The number of anilines is 1. The van der Waals surface area contributed by atoms with E-state index in [0.29, 0.717) is 11.0 Å². The summed E-state index contributed by atoms with van der Waals surface area (Å²) in [6.07, 6.45) is 1.27. The van der Waals surface area contributed by atoms with Crippen molar-refractivity contribution in [2.45, 2.75) is 17.1 Å². The van der Waals surface area contributed by atoms with E-state index in [-0.39, 0.29) is 16.5 Å². The van der Waals surface area contributed by atoms with Gasteiger partial charge in [0, 0.05) is 14.1 Å². The zero-order valence-electron chi connectivity index (χ0n) is 10.5. The van der Waals surface area contributed by atoms with Gasteiger partial charge in [-0.2, -0.15) is 0 Å². The fraction of sp³-hybridized carbons (Fsp3) is 0.333. The molecule has 0 aromatic carbocycles. The van der Waals surface area contributed by atoms with Crippen molar-refractivity contribution < 1.29 is 4.92 Å². The van der Waals surface area contributed by atoms with Gasteiger partial charge in [0.15, 0.2) is 10.2 Å². The Morgan fingerprint density at radius 2 is 2.16 bits per heavy atom. The first-order chi connectivity index (χ1) is 9.04. The maximum atomic E-state index is 11.1. The number of nitro groups is 1. The molecule has 0 bridgehead atoms. The molecule has 2 aromatic rings. The van der Waals surface area contributed by atoms with E-state index >= 15 is 0 Å². The minimum absolute atomic E-state index is 0.168. The largest absolute Gasteiger partial charge is 0.367 e. The van der Waals surface area contributed by atoms with E-state index in [0.717, 1.165) is 11.8 Å². The first-order valence-electron chi connectivity index (χ1n) is 5.25. The van der Waals surface area contributed by atoms with E-state index < -0.39 is 4.92 Å². The summed E-state index contributed by atoms with van der Waals surface area (Å²) < 4.78 is 1.73. The highest BCUT2D eigenvalue weighted by molar-refractivity contribution is 7.99. The van der Waals surface area contributed by atoms with Crippen LogP contribution < -0.4 is 5.32 Å². The van der Waals surface area contributed by atoms with Crippen LogP contribution in [-0.4, -0.2) is 36.7 Å². The van der Waals surface area contributed by atoms with Crippen LogP contribution in [0.3, 0.4) is 0 Å². The summed E-state index contributed by atoms with van der Waals surface area (Å²) in [6.45, 7) is 1.80. The third kappa shape index (κ3) is 2.47. The minimum Gasteiger partial charge on any atom is -0.367 e. The maximum absolute atomic E-state index is 11.1. The molecule has 0 unspecified atom stereocenters. The Balaban J connectivity index is 2.45. The molecular weight excluding hydrogens is 270 g/mol. The van der Waals surface area contributed by atoms with Crippen molar-refractivity contribution in [3.05, 3.63) is 22.3 Å². The molecule has 0 radical (unpaired) electrons. The molecule has 2 rings (SSSR count). The van der Waals surface area contributed by atoms with E-state index in [4.69, 9.17) is 0 Å². The lowest BCUT2D eigenvalue weighted by Crippen LogP contribution is -2.03. The molecule has 19 heavy (non-hydrogen) atoms. The summed E-state index contributed by atoms with van der Waals surface area (Å²) in [5.41, 5.74) is -0.171. The second-order valence-corrected chi connectivity index (χ2v) is 4.53. The summed E-state index contributed by atoms with van der Waals surface area (Å²) in [4.78, 5) is 18.4. The molecule has 2 heterocycles. The molecule has 1 N–H and O–H groups in total. The second kappa shape index (κ2) is 5.18. The van der Waals surface area contributed by atoms with E-state index in [2.05, 4.69) is 25.5 Å². The number of aromatic nitrogens is 5. The van der Waals surface area contributed by atoms with Crippen LogP contribution in [0, 0.1) is 17.0 Å². The lowest BCUT2D eigenvalue weighted by molar-refractivity contribution is -0.387. The Morgan fingerprint density at radius 1 is 1.42 bits per heavy atom. The fourth-order valence-electron chi connectivity index (χ4n) is 1.35. The molecule has 0 aliphatic rings. The van der Waals surface area contributed by atoms with Gasteiger partial charge < -0.3 is 9.88 Å². The predicted molar refractivity (Wildman–Crippen MR) is 68.1 cm³/mol. The number of rotatable bonds is 4. The van der Waals surface area contributed by atoms with Crippen LogP contribution in [0.2, 0.25) is 0 Å². The van der Waals surface area contributed by atoms with Crippen molar-refractivity contribution >= 4 is 23.3 Å². The molecule has 100 valence electrons. The van der Waals surface area contributed by atoms with Crippen LogP contribution in [0.1, 0.15) is 5.82 Å². The fourth-order valence-corrected chi connectivity index (χ4v) is 2.24. The van der Waals surface area contributed by atoms with Crippen molar-refractivity contribution in [1.29, 1.82) is 0 Å². The molecule has 0 aliphatic carbocycles. The van der Waals surface area contributed by atoms with Gasteiger partial charge in [-0.1, -0.05) is 0 Å². The first-order valence-corrected chi connectivity index (χ1v) is 6.07. The van der Waals surface area contributed by atoms with Gasteiger partial charge in [-0.15, -0.1) is 10.2 Å². The van der Waals surface area contributed by atoms with Crippen LogP contribution in [0.25, 0.3) is 0 Å². The van der Waals surface area contributed by atoms with Gasteiger partial charge in [-0.05, 0) is 18.7 Å². The summed E-state index contributed by atoms with van der Waals surface area (Å²) in [6, 6.07) is 0. The second-order valence-electron chi connectivity index (χ2n) is 3.57. The zero-order valence-corrected chi connectivity index (χ0v) is 11.3. The first kappa shape index (κ1) is 13.2. The highest BCUT2D eigenvalue weighted by atomic mass is 32.2. The van der Waals surface area contributed by atoms with Gasteiger partial charge in [-0.3, -0.25) is 10.1 Å². The Kier molecular flexibility index (Phi) is 3.60. The molecule has 0 saturated carbocycles. The van der Waals surface area contributed by atoms with Crippen LogP contribution in [0.4, 0.5) is 11.5 Å². The topological polar surface area (TPSA) is 112 Å². The summed E-state index contributed by atoms with van der Waals surface area (Å²) in [5.74, 6) is 0.884. The standard InChI is InChI=1S/C9H11N7O2S/c1-5-13-14-9(15(5)3)19-8-6(16(17)18)7(10-2)11-4-12-8/h4H,1-3H3,(H,10,11,12). The molecule has 0 fully saturated rings. The van der Waals surface area contributed by atoms with E-state index in [9.17, 15) is 10.1 Å². The monoisotopic (exact) mass is 281 g/mol. The Labute approximate surface area is 112 Å². The van der Waals surface area contributed by atoms with Crippen molar-refractivity contribution in [3.63, 3.8) is 0 Å². The van der Waals surface area contributed by atoms with Crippen LogP contribution in [-0.2, 0) is 7.05 Å². The highest BCUT2D eigenvalue weighted by Gasteiger charge is 2.24. The zero-order chi connectivity index (χ0) is 14.0. The molecule has 0 saturated heterocycles. The number of nitrogens with one attached hydrogen (secondary N) is 1. The van der Waals surface area contributed by atoms with Crippen LogP contribution in [0.5, 0.6) is 0 Å². The summed E-state index contributed by atoms with van der Waals surface area (Å²) in [7, 11) is 3.35. The van der Waals surface area contributed by atoms with Gasteiger partial charge in [0.25, 0.3) is 0 Å². The van der Waals surface area contributed by atoms with E-state index in [1.165, 1.54) is 6.33 Å². The van der Waals surface area contributed by atoms with E-state index in [1.54, 1.807) is 25.6 Å². The average Bonchev–Trinajstić information content (AvgIpc) is 2.70. The van der Waals surface area contributed by atoms with Crippen molar-refractivity contribution in [1.82, 2.24) is 24.7 Å². The number of nitrogens with zero attached hydrogens (tertiary/aromatic N) is 6. The van der Waals surface area contributed by atoms with E-state index in [1.807, 2.05) is 0 Å². The highest BCUT2D eigenvalue weighted by Crippen LogP contribution is 2.35. The third-order valence-electron chi connectivity index (χ3n) is 2.45. The lowest BCUT2D eigenvalue weighted by Gasteiger charge is -2.04. The summed E-state index contributed by atoms with van der Waals surface area (Å²) >= 11 is 1.08. The third-order valence-corrected chi connectivity index (χ3v) is 3.48. The molecule has 0 spiro atoms. The number of hydrogen-bond donors (Lipinski definition) is 1. The van der Waals surface area contributed by atoms with Crippen molar-refractivity contribution in [2.75, 3.05) is 12.4 Å². The van der Waals surface area contributed by atoms with Gasteiger partial charge >= 0.3 is 5.69 Å². The van der Waals surface area contributed by atoms with Gasteiger partial charge in [0.1, 0.15) is 12.2 Å². The number of aryl methyl sites for hydroxylation is 1. The molecule has 2 aromatic heterocycles. The number of hydrogen-bond acceptors (Lipinski definition) is 8. The van der Waals surface area contributed by atoms with Gasteiger partial charge in [-0.25, -0.2) is 9.97 Å². The molecule has 9 nitrogen and oxygen atoms in total. The Hall–Kier alpha value is -2.23. The lowest BCUT2D eigenvalue weighted by atomic mass is 10.5. The Morgan fingerprint density at radius 3 is 2.68 bits per heavy atom. The van der Waals surface area contributed by atoms with Crippen LogP contribution >= 0.6 is 11.8 Å². The van der Waals surface area contributed by atoms with Gasteiger partial charge in [0.2, 0.25) is 5.82 Å². The molecule has 10 heteroatoms. The normalized spacial score (nSPS) is 10.5. The average molecular weight is 281 g/mol. The molecule has 0 amide bonds.